The molecule has 100 valence electrons. The van der Waals surface area contributed by atoms with Crippen LogP contribution in [0, 0.1) is 17.1 Å². The second kappa shape index (κ2) is 4.81. The van der Waals surface area contributed by atoms with Gasteiger partial charge in [0.25, 0.3) is 0 Å². The Morgan fingerprint density at radius 2 is 2.00 bits per heavy atom. The van der Waals surface area contributed by atoms with Crippen molar-refractivity contribution in [3.63, 3.8) is 0 Å². The van der Waals surface area contributed by atoms with E-state index >= 15 is 0 Å². The fraction of sp³-hybridized carbons (Fsp3) is 0.533. The van der Waals surface area contributed by atoms with Crippen LogP contribution in [0.2, 0.25) is 0 Å². The van der Waals surface area contributed by atoms with Gasteiger partial charge < -0.3 is 5.11 Å². The molecule has 0 radical (unpaired) electrons. The van der Waals surface area contributed by atoms with Crippen LogP contribution in [0.4, 0.5) is 4.39 Å². The number of hydrogen-bond donors (Lipinski definition) is 1. The number of nitriles is 1. The van der Waals surface area contributed by atoms with Crippen LogP contribution in [-0.4, -0.2) is 15.6 Å². The van der Waals surface area contributed by atoms with Crippen molar-refractivity contribution in [3.8, 4) is 6.07 Å². The molecule has 2 saturated heterocycles. The van der Waals surface area contributed by atoms with Gasteiger partial charge in [-0.2, -0.15) is 17.0 Å². The number of thioether (sulfide) groups is 1. The first kappa shape index (κ1) is 13.0. The first-order chi connectivity index (χ1) is 9.12. The zero-order chi connectivity index (χ0) is 13.5. The minimum atomic E-state index is -1.03. The van der Waals surface area contributed by atoms with Gasteiger partial charge in [0.2, 0.25) is 0 Å². The van der Waals surface area contributed by atoms with Crippen molar-refractivity contribution in [1.82, 2.24) is 0 Å². The Morgan fingerprint density at radius 3 is 2.63 bits per heavy atom. The van der Waals surface area contributed by atoms with Gasteiger partial charge in [-0.1, -0.05) is 18.6 Å². The smallest absolute Gasteiger partial charge is 0.141 e. The van der Waals surface area contributed by atoms with Crippen molar-refractivity contribution < 1.29 is 9.50 Å². The topological polar surface area (TPSA) is 44.0 Å². The second-order valence-corrected chi connectivity index (χ2v) is 7.13. The Morgan fingerprint density at radius 1 is 1.32 bits per heavy atom. The highest BCUT2D eigenvalue weighted by Crippen LogP contribution is 2.50. The zero-order valence-electron chi connectivity index (χ0n) is 10.6. The molecule has 2 aliphatic rings. The molecule has 4 heteroatoms. The van der Waals surface area contributed by atoms with E-state index in [1.54, 1.807) is 12.1 Å². The van der Waals surface area contributed by atoms with Crippen LogP contribution in [0.25, 0.3) is 0 Å². The standard InChI is InChI=1S/C15H16FNOS/c16-14-6-2-5-13(12(14)9-17)15(18)7-10-3-1-4-11(8-15)19-10/h2,5-6,10-11,18H,1,3-4,7-8H2. The predicted octanol–water partition coefficient (Wildman–Crippen LogP) is 3.33. The van der Waals surface area contributed by atoms with Crippen molar-refractivity contribution in [1.29, 1.82) is 5.26 Å². The van der Waals surface area contributed by atoms with Gasteiger partial charge in [-0.05, 0) is 31.7 Å². The molecule has 0 aromatic heterocycles. The maximum Gasteiger partial charge on any atom is 0.141 e. The number of aliphatic hydroxyl groups is 1. The lowest BCUT2D eigenvalue weighted by Gasteiger charge is -2.44. The maximum absolute atomic E-state index is 13.7. The van der Waals surface area contributed by atoms with E-state index in [1.807, 2.05) is 17.8 Å². The zero-order valence-corrected chi connectivity index (χ0v) is 11.4. The molecule has 2 nitrogen and oxygen atoms in total. The number of halogens is 1. The summed E-state index contributed by atoms with van der Waals surface area (Å²) in [4.78, 5) is 0. The van der Waals surface area contributed by atoms with Crippen molar-refractivity contribution in [2.45, 2.75) is 48.2 Å². The van der Waals surface area contributed by atoms with Crippen LogP contribution in [-0.2, 0) is 5.60 Å². The van der Waals surface area contributed by atoms with E-state index in [1.165, 1.54) is 12.5 Å². The third-order valence-corrected chi connectivity index (χ3v) is 5.77. The Hall–Kier alpha value is -1.05. The number of fused-ring (bicyclic) bond motifs is 2. The molecule has 1 N–H and O–H groups in total. The van der Waals surface area contributed by atoms with E-state index in [-0.39, 0.29) is 5.56 Å². The molecular formula is C15H16FNOS. The Balaban J connectivity index is 2.01. The van der Waals surface area contributed by atoms with Crippen LogP contribution in [0.15, 0.2) is 18.2 Å². The Kier molecular flexibility index (Phi) is 3.28. The predicted molar refractivity (Wildman–Crippen MR) is 73.3 cm³/mol. The van der Waals surface area contributed by atoms with Gasteiger partial charge in [-0.3, -0.25) is 0 Å². The number of rotatable bonds is 1. The average Bonchev–Trinajstić information content (AvgIpc) is 2.37. The monoisotopic (exact) mass is 277 g/mol. The summed E-state index contributed by atoms with van der Waals surface area (Å²) in [5.41, 5.74) is -0.545. The van der Waals surface area contributed by atoms with E-state index in [0.29, 0.717) is 28.9 Å². The van der Waals surface area contributed by atoms with Gasteiger partial charge in [-0.25, -0.2) is 4.39 Å². The summed E-state index contributed by atoms with van der Waals surface area (Å²) >= 11 is 1.95. The molecule has 2 aliphatic heterocycles. The third-order valence-electron chi connectivity index (χ3n) is 4.19. The SMILES string of the molecule is N#Cc1c(F)cccc1C1(O)CC2CCCC(C1)S2. The second-order valence-electron chi connectivity index (χ2n) is 5.53. The molecule has 2 atom stereocenters. The highest BCUT2D eigenvalue weighted by molar-refractivity contribution is 8.00. The Labute approximate surface area is 116 Å². The molecule has 1 aromatic rings. The lowest BCUT2D eigenvalue weighted by molar-refractivity contribution is 0.00760. The lowest BCUT2D eigenvalue weighted by Crippen LogP contribution is -2.41. The van der Waals surface area contributed by atoms with Gasteiger partial charge in [0, 0.05) is 16.1 Å². The van der Waals surface area contributed by atoms with Crippen molar-refractivity contribution in [2.24, 2.45) is 0 Å². The summed E-state index contributed by atoms with van der Waals surface area (Å²) in [7, 11) is 0. The van der Waals surface area contributed by atoms with Crippen molar-refractivity contribution >= 4 is 11.8 Å². The molecule has 2 bridgehead atoms. The molecule has 2 heterocycles. The summed E-state index contributed by atoms with van der Waals surface area (Å²) < 4.78 is 13.7. The van der Waals surface area contributed by atoms with E-state index in [0.717, 1.165) is 12.8 Å². The minimum Gasteiger partial charge on any atom is -0.385 e. The van der Waals surface area contributed by atoms with E-state index in [4.69, 9.17) is 5.26 Å². The number of nitrogens with zero attached hydrogens (tertiary/aromatic N) is 1. The quantitative estimate of drug-likeness (QED) is 0.856. The summed E-state index contributed by atoms with van der Waals surface area (Å²) in [6.07, 6.45) is 4.70. The minimum absolute atomic E-state index is 0.00923. The first-order valence-corrected chi connectivity index (χ1v) is 7.63. The number of hydrogen-bond acceptors (Lipinski definition) is 3. The van der Waals surface area contributed by atoms with E-state index in [9.17, 15) is 9.50 Å². The summed E-state index contributed by atoms with van der Waals surface area (Å²) in [6.45, 7) is 0. The van der Waals surface area contributed by atoms with Gasteiger partial charge in [0.1, 0.15) is 11.9 Å². The molecule has 0 saturated carbocycles. The normalized spacial score (nSPS) is 33.7. The molecule has 0 aliphatic carbocycles. The maximum atomic E-state index is 13.7. The summed E-state index contributed by atoms with van der Waals surface area (Å²) in [5, 5.41) is 21.0. The van der Waals surface area contributed by atoms with Crippen LogP contribution in [0.5, 0.6) is 0 Å². The van der Waals surface area contributed by atoms with E-state index in [2.05, 4.69) is 0 Å². The average molecular weight is 277 g/mol. The molecule has 1 aromatic carbocycles. The van der Waals surface area contributed by atoms with E-state index < -0.39 is 11.4 Å². The lowest BCUT2D eigenvalue weighted by atomic mass is 9.79. The third kappa shape index (κ3) is 2.26. The van der Waals surface area contributed by atoms with Crippen molar-refractivity contribution in [2.75, 3.05) is 0 Å². The van der Waals surface area contributed by atoms with Crippen molar-refractivity contribution in [3.05, 3.63) is 35.1 Å². The molecule has 2 unspecified atom stereocenters. The van der Waals surface area contributed by atoms with Crippen LogP contribution >= 0.6 is 11.8 Å². The molecule has 3 rings (SSSR count). The first-order valence-electron chi connectivity index (χ1n) is 6.69. The fourth-order valence-corrected chi connectivity index (χ4v) is 5.26. The van der Waals surface area contributed by atoms with Crippen LogP contribution in [0.3, 0.4) is 0 Å². The summed E-state index contributed by atoms with van der Waals surface area (Å²) in [6, 6.07) is 6.48. The number of benzene rings is 1. The van der Waals surface area contributed by atoms with Gasteiger partial charge in [0.15, 0.2) is 0 Å². The molecule has 0 spiro atoms. The van der Waals surface area contributed by atoms with Gasteiger partial charge >= 0.3 is 0 Å². The molecular weight excluding hydrogens is 261 g/mol. The highest BCUT2D eigenvalue weighted by Gasteiger charge is 2.43. The fourth-order valence-electron chi connectivity index (χ4n) is 3.36. The summed E-state index contributed by atoms with van der Waals surface area (Å²) in [5.74, 6) is -0.531. The molecule has 19 heavy (non-hydrogen) atoms. The van der Waals surface area contributed by atoms with Gasteiger partial charge in [-0.15, -0.1) is 0 Å². The van der Waals surface area contributed by atoms with Crippen LogP contribution < -0.4 is 0 Å². The molecule has 0 amide bonds. The van der Waals surface area contributed by atoms with Crippen LogP contribution in [0.1, 0.15) is 43.2 Å². The largest absolute Gasteiger partial charge is 0.385 e. The van der Waals surface area contributed by atoms with Gasteiger partial charge in [0.05, 0.1) is 11.2 Å². The molecule has 2 fully saturated rings. The highest BCUT2D eigenvalue weighted by atomic mass is 32.2. The Bertz CT molecular complexity index is 527.